The number of carbonyl (C=O) groups excluding carboxylic acids is 2. The smallest absolute Gasteiger partial charge is 0.264 e. The van der Waals surface area contributed by atoms with Crippen LogP contribution in [0.15, 0.2) is 36.4 Å². The zero-order valence-electron chi connectivity index (χ0n) is 24.3. The summed E-state index contributed by atoms with van der Waals surface area (Å²) in [4.78, 5) is 30.2. The van der Waals surface area contributed by atoms with Gasteiger partial charge in [-0.05, 0) is 62.1 Å². The van der Waals surface area contributed by atoms with Crippen LogP contribution >= 0.6 is 0 Å². The number of benzene rings is 2. The maximum atomic E-state index is 13.7. The summed E-state index contributed by atoms with van der Waals surface area (Å²) in [6.07, 6.45) is -0.255. The van der Waals surface area contributed by atoms with Crippen molar-refractivity contribution in [1.29, 1.82) is 0 Å². The van der Waals surface area contributed by atoms with Gasteiger partial charge in [-0.25, -0.2) is 0 Å². The molecule has 0 amide bonds. The minimum absolute atomic E-state index is 0.00833. The Morgan fingerprint density at radius 1 is 0.435 bits per heavy atom. The molecular formula is C26H34N2O14S4. The number of fused-ring (bicyclic) bond motifs is 2. The van der Waals surface area contributed by atoms with Gasteiger partial charge in [0, 0.05) is 59.8 Å². The molecule has 0 saturated carbocycles. The number of ketones is 2. The second-order valence-corrected chi connectivity index (χ2v) is 16.9. The molecule has 0 unspecified atom stereocenters. The summed E-state index contributed by atoms with van der Waals surface area (Å²) in [7, 11) is -17.2. The molecule has 0 fully saturated rings. The zero-order chi connectivity index (χ0) is 34.5. The van der Waals surface area contributed by atoms with Crippen LogP contribution in [0.2, 0.25) is 0 Å². The highest BCUT2D eigenvalue weighted by molar-refractivity contribution is 7.86. The van der Waals surface area contributed by atoms with Crippen molar-refractivity contribution in [3.05, 3.63) is 58.7 Å². The van der Waals surface area contributed by atoms with Crippen molar-refractivity contribution in [1.82, 2.24) is 0 Å². The van der Waals surface area contributed by atoms with Crippen molar-refractivity contribution in [2.45, 2.75) is 25.7 Å². The van der Waals surface area contributed by atoms with Crippen molar-refractivity contribution in [3.63, 3.8) is 0 Å². The van der Waals surface area contributed by atoms with Crippen molar-refractivity contribution < 1.29 is 61.5 Å². The van der Waals surface area contributed by atoms with E-state index in [-0.39, 0.29) is 74.1 Å². The molecular weight excluding hydrogens is 693 g/mol. The van der Waals surface area contributed by atoms with Crippen LogP contribution in [0.1, 0.15) is 57.5 Å². The number of nitrogens with zero attached hydrogens (tertiary/aromatic N) is 2. The Kier molecular flexibility index (Phi) is 12.1. The van der Waals surface area contributed by atoms with Gasteiger partial charge in [-0.15, -0.1) is 0 Å². The molecule has 0 aromatic heterocycles. The molecule has 2 aromatic rings. The first-order chi connectivity index (χ1) is 21.1. The standard InChI is InChI=1S/C26H34N2O14S4/c29-25-21-7-5-19(27(9-1-13-43(31,32)33)10-2-14-44(34,35)36)17-23(21)26(30)24-18-20(6-8-22(24)25)28(11-3-15-45(37,38)39)12-4-16-46(40,41)42/h5-8,17-18H,1-4,9-16H2,(H,31,32,33)(H,34,35,36)(H,37,38,39)(H,40,41,42). The summed E-state index contributed by atoms with van der Waals surface area (Å²) in [5.41, 5.74) is 0.799. The average molecular weight is 727 g/mol. The molecule has 20 heteroatoms. The third-order valence-electron chi connectivity index (χ3n) is 7.04. The topological polar surface area (TPSA) is 258 Å². The van der Waals surface area contributed by atoms with Gasteiger partial charge < -0.3 is 9.80 Å². The maximum Gasteiger partial charge on any atom is 0.264 e. The molecule has 0 atom stereocenters. The van der Waals surface area contributed by atoms with Gasteiger partial charge >= 0.3 is 0 Å². The predicted octanol–water partition coefficient (Wildman–Crippen LogP) is 1.19. The molecule has 3 rings (SSSR count). The first-order valence-corrected chi connectivity index (χ1v) is 20.3. The Bertz CT molecular complexity index is 1700. The van der Waals surface area contributed by atoms with Crippen molar-refractivity contribution in [2.75, 3.05) is 59.0 Å². The van der Waals surface area contributed by atoms with E-state index >= 15 is 0 Å². The lowest BCUT2D eigenvalue weighted by molar-refractivity contribution is 0.0979. The molecule has 0 heterocycles. The van der Waals surface area contributed by atoms with Gasteiger partial charge in [0.05, 0.1) is 23.0 Å². The third kappa shape index (κ3) is 11.7. The molecule has 2 aromatic carbocycles. The van der Waals surface area contributed by atoms with Crippen molar-refractivity contribution >= 4 is 63.4 Å². The van der Waals surface area contributed by atoms with E-state index in [0.717, 1.165) is 0 Å². The SMILES string of the molecule is O=C1c2ccc(N(CCCS(=O)(=O)O)CCCS(=O)(=O)O)cc2C(=O)c2cc(N(CCCS(=O)(=O)O)CCCS(=O)(=O)O)ccc21. The first-order valence-electron chi connectivity index (χ1n) is 13.8. The summed E-state index contributed by atoms with van der Waals surface area (Å²) in [5, 5.41) is 0. The van der Waals surface area contributed by atoms with Crippen LogP contribution in [0.4, 0.5) is 11.4 Å². The van der Waals surface area contributed by atoms with Gasteiger partial charge in [0.2, 0.25) is 0 Å². The highest BCUT2D eigenvalue weighted by Crippen LogP contribution is 2.33. The molecule has 16 nitrogen and oxygen atoms in total. The lowest BCUT2D eigenvalue weighted by Gasteiger charge is -2.28. The van der Waals surface area contributed by atoms with E-state index in [0.29, 0.717) is 11.4 Å². The van der Waals surface area contributed by atoms with Gasteiger partial charge in [0.25, 0.3) is 40.5 Å². The Balaban J connectivity index is 1.95. The Morgan fingerprint density at radius 3 is 0.957 bits per heavy atom. The molecule has 0 radical (unpaired) electrons. The molecule has 0 saturated heterocycles. The van der Waals surface area contributed by atoms with Crippen LogP contribution in [0.3, 0.4) is 0 Å². The monoisotopic (exact) mass is 726 g/mol. The molecule has 4 N–H and O–H groups in total. The number of carbonyl (C=O) groups is 2. The summed E-state index contributed by atoms with van der Waals surface area (Å²) in [6, 6.07) is 8.57. The first kappa shape index (κ1) is 37.5. The van der Waals surface area contributed by atoms with Gasteiger partial charge in [-0.1, -0.05) is 0 Å². The fourth-order valence-corrected chi connectivity index (χ4v) is 6.99. The van der Waals surface area contributed by atoms with E-state index in [4.69, 9.17) is 18.2 Å². The number of hydrogen-bond donors (Lipinski definition) is 4. The summed E-state index contributed by atoms with van der Waals surface area (Å²) >= 11 is 0. The van der Waals surface area contributed by atoms with Crippen molar-refractivity contribution in [2.24, 2.45) is 0 Å². The Hall–Kier alpha value is -2.98. The highest BCUT2D eigenvalue weighted by atomic mass is 32.2. The van der Waals surface area contributed by atoms with Crippen LogP contribution in [0.25, 0.3) is 0 Å². The second kappa shape index (κ2) is 14.8. The van der Waals surface area contributed by atoms with E-state index in [2.05, 4.69) is 0 Å². The Morgan fingerprint density at radius 2 is 0.696 bits per heavy atom. The van der Waals surface area contributed by atoms with Gasteiger partial charge in [-0.3, -0.25) is 27.8 Å². The highest BCUT2D eigenvalue weighted by Gasteiger charge is 2.31. The quantitative estimate of drug-likeness (QED) is 0.134. The number of anilines is 2. The van der Waals surface area contributed by atoms with E-state index in [1.54, 1.807) is 9.80 Å². The zero-order valence-corrected chi connectivity index (χ0v) is 27.6. The minimum atomic E-state index is -4.30. The largest absolute Gasteiger partial charge is 0.371 e. The van der Waals surface area contributed by atoms with Crippen LogP contribution in [0, 0.1) is 0 Å². The van der Waals surface area contributed by atoms with Gasteiger partial charge in [0.15, 0.2) is 11.6 Å². The van der Waals surface area contributed by atoms with Crippen molar-refractivity contribution in [3.8, 4) is 0 Å². The average Bonchev–Trinajstić information content (AvgIpc) is 2.91. The van der Waals surface area contributed by atoms with E-state index in [1.165, 1.54) is 36.4 Å². The van der Waals surface area contributed by atoms with Crippen LogP contribution in [-0.4, -0.2) is 113 Å². The molecule has 46 heavy (non-hydrogen) atoms. The molecule has 0 aliphatic heterocycles. The van der Waals surface area contributed by atoms with Crippen LogP contribution in [0.5, 0.6) is 0 Å². The molecule has 0 spiro atoms. The fraction of sp³-hybridized carbons (Fsp3) is 0.462. The summed E-state index contributed by atoms with van der Waals surface area (Å²) in [6.45, 7) is 0.0357. The van der Waals surface area contributed by atoms with Crippen LogP contribution < -0.4 is 9.80 Å². The molecule has 256 valence electrons. The molecule has 1 aliphatic rings. The minimum Gasteiger partial charge on any atom is -0.371 e. The number of hydrogen-bond acceptors (Lipinski definition) is 12. The molecule has 0 bridgehead atoms. The van der Waals surface area contributed by atoms with Gasteiger partial charge in [-0.2, -0.15) is 33.7 Å². The number of rotatable bonds is 18. The van der Waals surface area contributed by atoms with E-state index < -0.39 is 75.1 Å². The van der Waals surface area contributed by atoms with E-state index in [1.807, 2.05) is 0 Å². The lowest BCUT2D eigenvalue weighted by atomic mass is 9.83. The van der Waals surface area contributed by atoms with E-state index in [9.17, 15) is 43.3 Å². The third-order valence-corrected chi connectivity index (χ3v) is 10.3. The lowest BCUT2D eigenvalue weighted by Crippen LogP contribution is -2.30. The molecule has 1 aliphatic carbocycles. The second-order valence-electron chi connectivity index (χ2n) is 10.7. The maximum absolute atomic E-state index is 13.7. The summed E-state index contributed by atoms with van der Waals surface area (Å²) in [5.74, 6) is -3.43. The Labute approximate surface area is 267 Å². The van der Waals surface area contributed by atoms with Gasteiger partial charge in [0.1, 0.15) is 0 Å². The fourth-order valence-electron chi connectivity index (χ4n) is 5.01. The predicted molar refractivity (Wildman–Crippen MR) is 168 cm³/mol. The summed E-state index contributed by atoms with van der Waals surface area (Å²) < 4.78 is 126. The normalized spacial score (nSPS) is 13.7. The van der Waals surface area contributed by atoms with Crippen LogP contribution in [-0.2, 0) is 40.5 Å².